The van der Waals surface area contributed by atoms with Crippen LogP contribution in [0.25, 0.3) is 0 Å². The first kappa shape index (κ1) is 12.4. The van der Waals surface area contributed by atoms with Crippen LogP contribution in [0.3, 0.4) is 0 Å². The second kappa shape index (κ2) is 4.69. The molecule has 1 fully saturated rings. The number of benzene rings is 1. The SMILES string of the molecule is Cc1ccc(N2CCCNC(C)(C)C2)cc1C. The molecule has 2 nitrogen and oxygen atoms in total. The molecule has 1 aromatic rings. The topological polar surface area (TPSA) is 15.3 Å². The van der Waals surface area contributed by atoms with Crippen LogP contribution in [0.5, 0.6) is 0 Å². The molecule has 2 rings (SSSR count). The maximum Gasteiger partial charge on any atom is 0.0369 e. The highest BCUT2D eigenvalue weighted by molar-refractivity contribution is 5.51. The Bertz CT molecular complexity index is 396. The first-order valence-electron chi connectivity index (χ1n) is 6.55. The highest BCUT2D eigenvalue weighted by Crippen LogP contribution is 2.22. The molecule has 1 aliphatic heterocycles. The van der Waals surface area contributed by atoms with Gasteiger partial charge in [0.05, 0.1) is 0 Å². The zero-order valence-corrected chi connectivity index (χ0v) is 11.5. The predicted octanol–water partition coefficient (Wildman–Crippen LogP) is 2.88. The molecule has 94 valence electrons. The van der Waals surface area contributed by atoms with E-state index in [4.69, 9.17) is 0 Å². The standard InChI is InChI=1S/C15H24N2/c1-12-6-7-14(10-13(12)2)17-9-5-8-16-15(3,4)11-17/h6-7,10,16H,5,8-9,11H2,1-4H3. The summed E-state index contributed by atoms with van der Waals surface area (Å²) in [7, 11) is 0. The summed E-state index contributed by atoms with van der Waals surface area (Å²) < 4.78 is 0. The molecule has 0 radical (unpaired) electrons. The zero-order chi connectivity index (χ0) is 12.5. The molecule has 0 atom stereocenters. The van der Waals surface area contributed by atoms with Crippen molar-refractivity contribution >= 4 is 5.69 Å². The second-order valence-corrected chi connectivity index (χ2v) is 5.85. The monoisotopic (exact) mass is 232 g/mol. The van der Waals surface area contributed by atoms with Crippen LogP contribution >= 0.6 is 0 Å². The molecule has 0 aliphatic carbocycles. The van der Waals surface area contributed by atoms with E-state index >= 15 is 0 Å². The minimum atomic E-state index is 0.204. The fourth-order valence-electron chi connectivity index (χ4n) is 2.45. The van der Waals surface area contributed by atoms with E-state index in [0.29, 0.717) is 0 Å². The van der Waals surface area contributed by atoms with Crippen molar-refractivity contribution in [3.05, 3.63) is 29.3 Å². The average molecular weight is 232 g/mol. The summed E-state index contributed by atoms with van der Waals surface area (Å²) in [5, 5.41) is 3.60. The van der Waals surface area contributed by atoms with E-state index < -0.39 is 0 Å². The molecule has 1 saturated heterocycles. The third-order valence-corrected chi connectivity index (χ3v) is 3.65. The number of anilines is 1. The van der Waals surface area contributed by atoms with Crippen molar-refractivity contribution in [2.24, 2.45) is 0 Å². The van der Waals surface area contributed by atoms with Crippen LogP contribution < -0.4 is 10.2 Å². The van der Waals surface area contributed by atoms with Crippen molar-refractivity contribution in [1.82, 2.24) is 5.32 Å². The fraction of sp³-hybridized carbons (Fsp3) is 0.600. The van der Waals surface area contributed by atoms with Crippen LogP contribution in [0.4, 0.5) is 5.69 Å². The molecule has 0 unspecified atom stereocenters. The van der Waals surface area contributed by atoms with Crippen molar-refractivity contribution < 1.29 is 0 Å². The van der Waals surface area contributed by atoms with Gasteiger partial charge in [0.2, 0.25) is 0 Å². The van der Waals surface area contributed by atoms with Gasteiger partial charge in [-0.15, -0.1) is 0 Å². The number of aryl methyl sites for hydroxylation is 2. The predicted molar refractivity (Wildman–Crippen MR) is 74.8 cm³/mol. The van der Waals surface area contributed by atoms with Crippen LogP contribution in [-0.2, 0) is 0 Å². The van der Waals surface area contributed by atoms with Gasteiger partial charge >= 0.3 is 0 Å². The third kappa shape index (κ3) is 3.01. The Labute approximate surface area is 105 Å². The minimum Gasteiger partial charge on any atom is -0.370 e. The van der Waals surface area contributed by atoms with E-state index in [-0.39, 0.29) is 5.54 Å². The Morgan fingerprint density at radius 1 is 1.18 bits per heavy atom. The molecular weight excluding hydrogens is 208 g/mol. The Kier molecular flexibility index (Phi) is 3.43. The van der Waals surface area contributed by atoms with Crippen LogP contribution in [0.15, 0.2) is 18.2 Å². The van der Waals surface area contributed by atoms with Gasteiger partial charge in [-0.1, -0.05) is 6.07 Å². The van der Waals surface area contributed by atoms with Gasteiger partial charge in [-0.2, -0.15) is 0 Å². The Morgan fingerprint density at radius 3 is 2.65 bits per heavy atom. The van der Waals surface area contributed by atoms with Crippen molar-refractivity contribution in [2.75, 3.05) is 24.5 Å². The van der Waals surface area contributed by atoms with E-state index in [0.717, 1.165) is 19.6 Å². The Hall–Kier alpha value is -1.02. The molecule has 1 N–H and O–H groups in total. The number of hydrogen-bond donors (Lipinski definition) is 1. The smallest absolute Gasteiger partial charge is 0.0369 e. The molecule has 0 amide bonds. The first-order valence-corrected chi connectivity index (χ1v) is 6.55. The van der Waals surface area contributed by atoms with Crippen molar-refractivity contribution in [3.63, 3.8) is 0 Å². The van der Waals surface area contributed by atoms with Gasteiger partial charge in [0.25, 0.3) is 0 Å². The van der Waals surface area contributed by atoms with Crippen molar-refractivity contribution in [1.29, 1.82) is 0 Å². The maximum atomic E-state index is 3.60. The largest absolute Gasteiger partial charge is 0.370 e. The molecule has 1 aliphatic rings. The van der Waals surface area contributed by atoms with E-state index in [1.807, 2.05) is 0 Å². The summed E-state index contributed by atoms with van der Waals surface area (Å²) in [6.45, 7) is 12.3. The molecule has 0 aromatic heterocycles. The van der Waals surface area contributed by atoms with E-state index in [1.54, 1.807) is 0 Å². The lowest BCUT2D eigenvalue weighted by Gasteiger charge is -2.31. The summed E-state index contributed by atoms with van der Waals surface area (Å²) in [4.78, 5) is 2.51. The minimum absolute atomic E-state index is 0.204. The Morgan fingerprint density at radius 2 is 1.94 bits per heavy atom. The number of nitrogens with one attached hydrogen (secondary N) is 1. The molecule has 0 bridgehead atoms. The molecule has 1 aromatic carbocycles. The van der Waals surface area contributed by atoms with Gasteiger partial charge in [0.15, 0.2) is 0 Å². The second-order valence-electron chi connectivity index (χ2n) is 5.85. The van der Waals surface area contributed by atoms with Gasteiger partial charge in [0.1, 0.15) is 0 Å². The zero-order valence-electron chi connectivity index (χ0n) is 11.5. The van der Waals surface area contributed by atoms with Gasteiger partial charge in [0, 0.05) is 24.3 Å². The summed E-state index contributed by atoms with van der Waals surface area (Å²) in [6, 6.07) is 6.80. The number of nitrogens with zero attached hydrogens (tertiary/aromatic N) is 1. The highest BCUT2D eigenvalue weighted by atomic mass is 15.2. The van der Waals surface area contributed by atoms with Crippen LogP contribution in [0, 0.1) is 13.8 Å². The first-order chi connectivity index (χ1) is 7.98. The summed E-state index contributed by atoms with van der Waals surface area (Å²) in [5.41, 5.74) is 4.33. The molecule has 2 heteroatoms. The Balaban J connectivity index is 2.22. The number of hydrogen-bond acceptors (Lipinski definition) is 2. The summed E-state index contributed by atoms with van der Waals surface area (Å²) >= 11 is 0. The van der Waals surface area contributed by atoms with Crippen LogP contribution in [0.1, 0.15) is 31.4 Å². The van der Waals surface area contributed by atoms with E-state index in [2.05, 4.69) is 56.1 Å². The van der Waals surface area contributed by atoms with Crippen molar-refractivity contribution in [3.8, 4) is 0 Å². The lowest BCUT2D eigenvalue weighted by molar-refractivity contribution is 0.416. The molecule has 0 spiro atoms. The van der Waals surface area contributed by atoms with Crippen molar-refractivity contribution in [2.45, 2.75) is 39.7 Å². The molecule has 17 heavy (non-hydrogen) atoms. The van der Waals surface area contributed by atoms with Gasteiger partial charge in [-0.05, 0) is 63.9 Å². The maximum absolute atomic E-state index is 3.60. The summed E-state index contributed by atoms with van der Waals surface area (Å²) in [5.74, 6) is 0. The molecule has 1 heterocycles. The average Bonchev–Trinajstić information content (AvgIpc) is 2.43. The van der Waals surface area contributed by atoms with E-state index in [9.17, 15) is 0 Å². The molecule has 0 saturated carbocycles. The van der Waals surface area contributed by atoms with Gasteiger partial charge < -0.3 is 10.2 Å². The van der Waals surface area contributed by atoms with Gasteiger partial charge in [-0.3, -0.25) is 0 Å². The fourth-order valence-corrected chi connectivity index (χ4v) is 2.45. The summed E-state index contributed by atoms with van der Waals surface area (Å²) in [6.07, 6.45) is 1.22. The quantitative estimate of drug-likeness (QED) is 0.801. The molecular formula is C15H24N2. The van der Waals surface area contributed by atoms with Crippen LogP contribution in [-0.4, -0.2) is 25.2 Å². The lowest BCUT2D eigenvalue weighted by atomic mass is 10.0. The normalized spacial score (nSPS) is 20.1. The van der Waals surface area contributed by atoms with Gasteiger partial charge in [-0.25, -0.2) is 0 Å². The third-order valence-electron chi connectivity index (χ3n) is 3.65. The highest BCUT2D eigenvalue weighted by Gasteiger charge is 2.24. The number of rotatable bonds is 1. The lowest BCUT2D eigenvalue weighted by Crippen LogP contribution is -2.46. The van der Waals surface area contributed by atoms with E-state index in [1.165, 1.54) is 23.2 Å². The van der Waals surface area contributed by atoms with Crippen LogP contribution in [0.2, 0.25) is 0 Å².